The van der Waals surface area contributed by atoms with Gasteiger partial charge in [-0.25, -0.2) is 0 Å². The van der Waals surface area contributed by atoms with Gasteiger partial charge < -0.3 is 9.80 Å². The summed E-state index contributed by atoms with van der Waals surface area (Å²) in [5.74, 6) is 0. The van der Waals surface area contributed by atoms with E-state index in [0.717, 1.165) is 32.7 Å². The summed E-state index contributed by atoms with van der Waals surface area (Å²) in [7, 11) is 8.53. The summed E-state index contributed by atoms with van der Waals surface area (Å²) in [5, 5.41) is 0. The van der Waals surface area contributed by atoms with E-state index >= 15 is 0 Å². The van der Waals surface area contributed by atoms with Gasteiger partial charge in [-0.1, -0.05) is 30.3 Å². The molecule has 0 unspecified atom stereocenters. The van der Waals surface area contributed by atoms with Crippen LogP contribution in [0.15, 0.2) is 30.3 Å². The normalized spacial score (nSPS) is 11.7. The first kappa shape index (κ1) is 15.2. The van der Waals surface area contributed by atoms with E-state index < -0.39 is 0 Å². The molecule has 0 aromatic heterocycles. The van der Waals surface area contributed by atoms with Crippen LogP contribution in [-0.4, -0.2) is 69.1 Å². The molecule has 18 heavy (non-hydrogen) atoms. The van der Waals surface area contributed by atoms with E-state index in [0.29, 0.717) is 0 Å². The predicted octanol–water partition coefficient (Wildman–Crippen LogP) is 1.61. The van der Waals surface area contributed by atoms with Gasteiger partial charge in [0.25, 0.3) is 0 Å². The lowest BCUT2D eigenvalue weighted by Gasteiger charge is -2.25. The molecule has 1 aromatic rings. The highest BCUT2D eigenvalue weighted by atomic mass is 15.2. The zero-order valence-electron chi connectivity index (χ0n) is 12.3. The van der Waals surface area contributed by atoms with Crippen LogP contribution in [0.4, 0.5) is 0 Å². The number of benzene rings is 1. The van der Waals surface area contributed by atoms with Crippen molar-refractivity contribution in [3.8, 4) is 0 Å². The van der Waals surface area contributed by atoms with Gasteiger partial charge >= 0.3 is 0 Å². The minimum Gasteiger partial charge on any atom is -0.308 e. The van der Waals surface area contributed by atoms with Crippen molar-refractivity contribution < 1.29 is 0 Å². The fraction of sp³-hybridized carbons (Fsp3) is 0.600. The van der Waals surface area contributed by atoms with Crippen molar-refractivity contribution in [1.82, 2.24) is 14.7 Å². The molecule has 0 saturated carbocycles. The second-order valence-corrected chi connectivity index (χ2v) is 5.37. The van der Waals surface area contributed by atoms with Crippen LogP contribution in [0.1, 0.15) is 5.56 Å². The third-order valence-electron chi connectivity index (χ3n) is 2.98. The van der Waals surface area contributed by atoms with Gasteiger partial charge in [0.15, 0.2) is 0 Å². The highest BCUT2D eigenvalue weighted by Crippen LogP contribution is 2.04. The number of hydrogen-bond acceptors (Lipinski definition) is 3. The standard InChI is InChI=1S/C15H27N3/c1-16(2)10-12-18(13-11-17(3)4)14-15-8-6-5-7-9-15/h5-9H,10-14H2,1-4H3. The van der Waals surface area contributed by atoms with E-state index in [4.69, 9.17) is 0 Å². The van der Waals surface area contributed by atoms with E-state index in [1.165, 1.54) is 5.56 Å². The topological polar surface area (TPSA) is 9.72 Å². The van der Waals surface area contributed by atoms with Gasteiger partial charge in [-0.05, 0) is 33.8 Å². The lowest BCUT2D eigenvalue weighted by Crippen LogP contribution is -2.36. The molecule has 0 aliphatic rings. The van der Waals surface area contributed by atoms with Gasteiger partial charge in [0.1, 0.15) is 0 Å². The van der Waals surface area contributed by atoms with Crippen LogP contribution >= 0.6 is 0 Å². The Labute approximate surface area is 112 Å². The van der Waals surface area contributed by atoms with E-state index in [-0.39, 0.29) is 0 Å². The van der Waals surface area contributed by atoms with Gasteiger partial charge in [0.05, 0.1) is 0 Å². The molecule has 0 N–H and O–H groups in total. The summed E-state index contributed by atoms with van der Waals surface area (Å²) < 4.78 is 0. The minimum absolute atomic E-state index is 1.04. The lowest BCUT2D eigenvalue weighted by atomic mass is 10.2. The zero-order chi connectivity index (χ0) is 13.4. The van der Waals surface area contributed by atoms with Crippen LogP contribution in [0.3, 0.4) is 0 Å². The van der Waals surface area contributed by atoms with Crippen LogP contribution in [0.5, 0.6) is 0 Å². The second-order valence-electron chi connectivity index (χ2n) is 5.37. The summed E-state index contributed by atoms with van der Waals surface area (Å²) in [4.78, 5) is 7.01. The van der Waals surface area contributed by atoms with E-state index in [2.05, 4.69) is 73.2 Å². The predicted molar refractivity (Wildman–Crippen MR) is 78.8 cm³/mol. The first-order valence-corrected chi connectivity index (χ1v) is 6.63. The first-order chi connectivity index (χ1) is 8.58. The van der Waals surface area contributed by atoms with Crippen LogP contribution in [0.2, 0.25) is 0 Å². The molecule has 1 aromatic carbocycles. The Morgan fingerprint density at radius 3 is 1.67 bits per heavy atom. The maximum Gasteiger partial charge on any atom is 0.0234 e. The quantitative estimate of drug-likeness (QED) is 0.693. The molecular weight excluding hydrogens is 222 g/mol. The number of rotatable bonds is 8. The summed E-state index contributed by atoms with van der Waals surface area (Å²) in [5.41, 5.74) is 1.40. The van der Waals surface area contributed by atoms with Crippen molar-refractivity contribution in [1.29, 1.82) is 0 Å². The number of hydrogen-bond donors (Lipinski definition) is 0. The van der Waals surface area contributed by atoms with Crippen molar-refractivity contribution >= 4 is 0 Å². The smallest absolute Gasteiger partial charge is 0.0234 e. The van der Waals surface area contributed by atoms with Gasteiger partial charge in [-0.2, -0.15) is 0 Å². The Kier molecular flexibility index (Phi) is 6.94. The SMILES string of the molecule is CN(C)CCN(CCN(C)C)Cc1ccccc1. The Morgan fingerprint density at radius 2 is 1.22 bits per heavy atom. The average molecular weight is 249 g/mol. The average Bonchev–Trinajstić information content (AvgIpc) is 2.33. The molecule has 0 radical (unpaired) electrons. The third-order valence-corrected chi connectivity index (χ3v) is 2.98. The molecule has 0 saturated heterocycles. The van der Waals surface area contributed by atoms with Gasteiger partial charge in [-0.3, -0.25) is 4.90 Å². The Bertz CT molecular complexity index is 297. The van der Waals surface area contributed by atoms with Crippen molar-refractivity contribution in [2.75, 3.05) is 54.4 Å². The van der Waals surface area contributed by atoms with Crippen molar-refractivity contribution in [3.63, 3.8) is 0 Å². The molecule has 0 aliphatic heterocycles. The molecule has 0 atom stereocenters. The maximum absolute atomic E-state index is 2.52. The Balaban J connectivity index is 2.48. The summed E-state index contributed by atoms with van der Waals surface area (Å²) in [6.45, 7) is 5.51. The molecule has 3 heteroatoms. The van der Waals surface area contributed by atoms with Gasteiger partial charge in [0, 0.05) is 32.7 Å². The lowest BCUT2D eigenvalue weighted by molar-refractivity contribution is 0.212. The minimum atomic E-state index is 1.04. The summed E-state index contributed by atoms with van der Waals surface area (Å²) in [6.07, 6.45) is 0. The van der Waals surface area contributed by atoms with Crippen LogP contribution in [0.25, 0.3) is 0 Å². The van der Waals surface area contributed by atoms with Gasteiger partial charge in [-0.15, -0.1) is 0 Å². The highest BCUT2D eigenvalue weighted by molar-refractivity contribution is 5.14. The fourth-order valence-electron chi connectivity index (χ4n) is 1.79. The molecule has 102 valence electrons. The highest BCUT2D eigenvalue weighted by Gasteiger charge is 2.06. The van der Waals surface area contributed by atoms with Crippen LogP contribution in [-0.2, 0) is 6.54 Å². The first-order valence-electron chi connectivity index (χ1n) is 6.63. The molecule has 0 spiro atoms. The Hall–Kier alpha value is -0.900. The maximum atomic E-state index is 2.52. The third kappa shape index (κ3) is 6.74. The number of nitrogens with zero attached hydrogens (tertiary/aromatic N) is 3. The largest absolute Gasteiger partial charge is 0.308 e. The molecular formula is C15H27N3. The summed E-state index contributed by atoms with van der Waals surface area (Å²) >= 11 is 0. The van der Waals surface area contributed by atoms with E-state index in [1.54, 1.807) is 0 Å². The zero-order valence-corrected chi connectivity index (χ0v) is 12.3. The van der Waals surface area contributed by atoms with Crippen LogP contribution < -0.4 is 0 Å². The molecule has 0 bridgehead atoms. The second kappa shape index (κ2) is 8.25. The van der Waals surface area contributed by atoms with Crippen molar-refractivity contribution in [3.05, 3.63) is 35.9 Å². The molecule has 0 fully saturated rings. The molecule has 0 amide bonds. The molecule has 0 heterocycles. The molecule has 3 nitrogen and oxygen atoms in total. The monoisotopic (exact) mass is 249 g/mol. The van der Waals surface area contributed by atoms with Crippen LogP contribution in [0, 0.1) is 0 Å². The molecule has 1 rings (SSSR count). The van der Waals surface area contributed by atoms with E-state index in [1.807, 2.05) is 0 Å². The van der Waals surface area contributed by atoms with Gasteiger partial charge in [0.2, 0.25) is 0 Å². The number of likely N-dealkylation sites (N-methyl/N-ethyl adjacent to an activating group) is 2. The van der Waals surface area contributed by atoms with Crippen molar-refractivity contribution in [2.24, 2.45) is 0 Å². The van der Waals surface area contributed by atoms with E-state index in [9.17, 15) is 0 Å². The summed E-state index contributed by atoms with van der Waals surface area (Å²) in [6, 6.07) is 10.7. The van der Waals surface area contributed by atoms with Crippen molar-refractivity contribution in [2.45, 2.75) is 6.54 Å². The molecule has 0 aliphatic carbocycles. The Morgan fingerprint density at radius 1 is 0.722 bits per heavy atom. The fourth-order valence-corrected chi connectivity index (χ4v) is 1.79.